The maximum absolute atomic E-state index is 11.7. The molecule has 0 aliphatic heterocycles. The number of aromatic nitrogens is 1. The van der Waals surface area contributed by atoms with Crippen LogP contribution in [0.5, 0.6) is 0 Å². The van der Waals surface area contributed by atoms with E-state index in [1.807, 2.05) is 12.1 Å². The van der Waals surface area contributed by atoms with E-state index in [1.165, 1.54) is 48.3 Å². The number of aryl methyl sites for hydroxylation is 2. The molecule has 3 aliphatic carbocycles. The van der Waals surface area contributed by atoms with Crippen LogP contribution in [0.4, 0.5) is 0 Å². The van der Waals surface area contributed by atoms with Crippen molar-refractivity contribution in [1.29, 1.82) is 0 Å². The SMILES string of the molecule is CC(=O)/C(=C(/C)O)c1ccc(C2CCC3CC2C3(C)C)cc1.Cc1[c-]c(-c2ccc3c(CC(C)C)cccc3n2)cc(C)c1.[Ir]. The number of aliphatic hydroxyl groups excluding tert-OH is 1. The van der Waals surface area contributed by atoms with Gasteiger partial charge in [-0.25, -0.2) is 0 Å². The van der Waals surface area contributed by atoms with E-state index in [4.69, 9.17) is 4.98 Å². The number of fused-ring (bicyclic) bond motifs is 3. The van der Waals surface area contributed by atoms with Crippen molar-refractivity contribution in [2.24, 2.45) is 23.2 Å². The van der Waals surface area contributed by atoms with Gasteiger partial charge in [0, 0.05) is 25.5 Å². The predicted octanol–water partition coefficient (Wildman–Crippen LogP) is 10.6. The van der Waals surface area contributed by atoms with Crippen LogP contribution in [-0.2, 0) is 31.3 Å². The fourth-order valence-corrected chi connectivity index (χ4v) is 7.79. The average Bonchev–Trinajstić information content (AvgIpc) is 2.96. The molecule has 0 amide bonds. The number of Topliss-reactive ketones (excluding diaryl/α,β-unsaturated/α-hetero) is 1. The van der Waals surface area contributed by atoms with Crippen LogP contribution >= 0.6 is 0 Å². The monoisotopic (exact) mass is 779 g/mol. The second kappa shape index (κ2) is 14.1. The van der Waals surface area contributed by atoms with E-state index < -0.39 is 0 Å². The molecule has 45 heavy (non-hydrogen) atoms. The Morgan fingerprint density at radius 2 is 1.71 bits per heavy atom. The van der Waals surface area contributed by atoms with E-state index >= 15 is 0 Å². The normalized spacial score (nSPS) is 20.3. The number of allylic oxidation sites excluding steroid dienone is 2. The fraction of sp³-hybridized carbons (Fsp3) is 0.415. The summed E-state index contributed by atoms with van der Waals surface area (Å²) in [6, 6.07) is 26.8. The van der Waals surface area contributed by atoms with Gasteiger partial charge in [-0.05, 0) is 97.1 Å². The summed E-state index contributed by atoms with van der Waals surface area (Å²) in [6.45, 7) is 16.6. The van der Waals surface area contributed by atoms with E-state index in [9.17, 15) is 9.90 Å². The molecule has 3 fully saturated rings. The Morgan fingerprint density at radius 3 is 2.29 bits per heavy atom. The summed E-state index contributed by atoms with van der Waals surface area (Å²) in [6.07, 6.45) is 5.08. The van der Waals surface area contributed by atoms with E-state index in [0.717, 1.165) is 46.2 Å². The van der Waals surface area contributed by atoms with Gasteiger partial charge in [-0.1, -0.05) is 90.1 Å². The minimum Gasteiger partial charge on any atom is -0.512 e. The first-order valence-corrected chi connectivity index (χ1v) is 16.3. The minimum absolute atomic E-state index is 0. The molecular weight excluding hydrogens is 731 g/mol. The number of benzene rings is 3. The van der Waals surface area contributed by atoms with Crippen LogP contribution < -0.4 is 0 Å². The van der Waals surface area contributed by atoms with Gasteiger partial charge in [-0.3, -0.25) is 9.78 Å². The van der Waals surface area contributed by atoms with Crippen LogP contribution in [0.2, 0.25) is 0 Å². The molecule has 3 saturated carbocycles. The number of carbonyl (C=O) groups excluding carboxylic acids is 1. The van der Waals surface area contributed by atoms with Crippen molar-refractivity contribution in [3.05, 3.63) is 106 Å². The van der Waals surface area contributed by atoms with Gasteiger partial charge in [-0.2, -0.15) is 0 Å². The van der Waals surface area contributed by atoms with Crippen LogP contribution in [-0.4, -0.2) is 15.9 Å². The molecule has 1 N–H and O–H groups in total. The van der Waals surface area contributed by atoms with Crippen molar-refractivity contribution < 1.29 is 30.0 Å². The number of hydrogen-bond donors (Lipinski definition) is 1. The largest absolute Gasteiger partial charge is 0.512 e. The molecular formula is C41H48IrNO2-. The molecule has 3 aliphatic rings. The molecule has 0 spiro atoms. The summed E-state index contributed by atoms with van der Waals surface area (Å²) in [4.78, 5) is 16.6. The summed E-state index contributed by atoms with van der Waals surface area (Å²) in [5.41, 5.74) is 10.1. The second-order valence-electron chi connectivity index (χ2n) is 14.2. The number of ketones is 1. The van der Waals surface area contributed by atoms with Crippen molar-refractivity contribution in [2.45, 2.75) is 87.0 Å². The van der Waals surface area contributed by atoms with Gasteiger partial charge in [-0.15, -0.1) is 34.9 Å². The molecule has 1 aromatic heterocycles. The van der Waals surface area contributed by atoms with E-state index in [2.05, 4.69) is 102 Å². The molecule has 3 aromatic carbocycles. The first-order valence-electron chi connectivity index (χ1n) is 16.3. The molecule has 1 heterocycles. The van der Waals surface area contributed by atoms with Crippen LogP contribution in [0.1, 0.15) is 94.5 Å². The van der Waals surface area contributed by atoms with Crippen molar-refractivity contribution in [2.75, 3.05) is 0 Å². The third kappa shape index (κ3) is 7.50. The topological polar surface area (TPSA) is 50.2 Å². The molecule has 4 aromatic rings. The zero-order valence-corrected chi connectivity index (χ0v) is 30.5. The molecule has 3 nitrogen and oxygen atoms in total. The molecule has 3 unspecified atom stereocenters. The molecule has 239 valence electrons. The Bertz CT molecular complexity index is 1670. The molecule has 3 atom stereocenters. The van der Waals surface area contributed by atoms with E-state index in [0.29, 0.717) is 22.8 Å². The van der Waals surface area contributed by atoms with Gasteiger partial charge in [0.25, 0.3) is 0 Å². The van der Waals surface area contributed by atoms with Crippen molar-refractivity contribution in [3.8, 4) is 11.3 Å². The van der Waals surface area contributed by atoms with Crippen molar-refractivity contribution in [1.82, 2.24) is 4.98 Å². The number of pyridine rings is 1. The van der Waals surface area contributed by atoms with Crippen molar-refractivity contribution >= 4 is 22.3 Å². The molecule has 0 saturated heterocycles. The average molecular weight is 779 g/mol. The molecule has 1 radical (unpaired) electrons. The third-order valence-corrected chi connectivity index (χ3v) is 10.1. The number of nitrogens with zero attached hydrogens (tertiary/aromatic N) is 1. The predicted molar refractivity (Wildman–Crippen MR) is 184 cm³/mol. The Morgan fingerprint density at radius 1 is 1.00 bits per heavy atom. The number of carbonyl (C=O) groups is 1. The molecule has 4 heteroatoms. The summed E-state index contributed by atoms with van der Waals surface area (Å²) < 4.78 is 0. The van der Waals surface area contributed by atoms with Crippen LogP contribution in [0.25, 0.3) is 27.7 Å². The van der Waals surface area contributed by atoms with Gasteiger partial charge in [0.05, 0.1) is 11.1 Å². The van der Waals surface area contributed by atoms with Gasteiger partial charge < -0.3 is 5.11 Å². The van der Waals surface area contributed by atoms with Gasteiger partial charge >= 0.3 is 0 Å². The van der Waals surface area contributed by atoms with Gasteiger partial charge in [0.1, 0.15) is 5.76 Å². The first kappa shape index (κ1) is 34.8. The van der Waals surface area contributed by atoms with Gasteiger partial charge in [0.15, 0.2) is 5.78 Å². The minimum atomic E-state index is -0.0895. The molecule has 2 bridgehead atoms. The summed E-state index contributed by atoms with van der Waals surface area (Å²) in [7, 11) is 0. The number of rotatable bonds is 6. The Hall–Kier alpha value is -3.07. The fourth-order valence-electron chi connectivity index (χ4n) is 7.79. The van der Waals surface area contributed by atoms with Crippen LogP contribution in [0, 0.1) is 43.1 Å². The maximum atomic E-state index is 11.7. The summed E-state index contributed by atoms with van der Waals surface area (Å²) in [5.74, 6) is 3.01. The first-order chi connectivity index (χ1) is 20.8. The quantitative estimate of drug-likeness (QED) is 0.120. The van der Waals surface area contributed by atoms with Crippen LogP contribution in [0.3, 0.4) is 0 Å². The number of hydrogen-bond acceptors (Lipinski definition) is 3. The van der Waals surface area contributed by atoms with E-state index in [1.54, 1.807) is 6.92 Å². The maximum Gasteiger partial charge on any atom is 0.163 e. The third-order valence-electron chi connectivity index (χ3n) is 10.1. The molecule has 7 rings (SSSR count). The zero-order valence-electron chi connectivity index (χ0n) is 28.1. The van der Waals surface area contributed by atoms with Gasteiger partial charge in [0.2, 0.25) is 0 Å². The van der Waals surface area contributed by atoms with E-state index in [-0.39, 0.29) is 31.6 Å². The summed E-state index contributed by atoms with van der Waals surface area (Å²) in [5, 5.41) is 11.0. The summed E-state index contributed by atoms with van der Waals surface area (Å²) >= 11 is 0. The Balaban J connectivity index is 0.000000200. The smallest absolute Gasteiger partial charge is 0.163 e. The second-order valence-corrected chi connectivity index (χ2v) is 14.2. The Labute approximate surface area is 283 Å². The van der Waals surface area contributed by atoms with Crippen LogP contribution in [0.15, 0.2) is 72.5 Å². The Kier molecular flexibility index (Phi) is 10.9. The number of aliphatic hydroxyl groups is 1. The zero-order chi connectivity index (χ0) is 31.8. The standard InChI is InChI=1S/C21H22N.C20H26O2.Ir/c1-14(2)10-17-6-5-7-21-19(17)8-9-20(22-21)18-12-15(3)11-16(4)13-18;1-12(21)19(13(2)22)15-7-5-14(6-8-15)17-10-9-16-11-18(17)20(16,3)4;/h5-9,11-12,14H,10H2,1-4H3;5-8,16-18,21H,9-11H2,1-4H3;/q-1;;/b;19-12+;. The van der Waals surface area contributed by atoms with Crippen molar-refractivity contribution in [3.63, 3.8) is 0 Å².